The molecule has 21 heavy (non-hydrogen) atoms. The molecule has 0 bridgehead atoms. The largest absolute Gasteiger partial charge is 0.366 e. The highest BCUT2D eigenvalue weighted by molar-refractivity contribution is 7.80. The predicted octanol–water partition coefficient (Wildman–Crippen LogP) is 3.21. The number of carbonyl (C=O) groups is 1. The normalized spacial score (nSPS) is 10.0. The van der Waals surface area contributed by atoms with Gasteiger partial charge in [-0.15, -0.1) is 0 Å². The number of anilines is 2. The van der Waals surface area contributed by atoms with E-state index in [0.717, 1.165) is 5.69 Å². The van der Waals surface area contributed by atoms with Gasteiger partial charge >= 0.3 is 0 Å². The number of nitrogens with two attached hydrogens (primary N) is 1. The van der Waals surface area contributed by atoms with Crippen molar-refractivity contribution >= 4 is 34.6 Å². The van der Waals surface area contributed by atoms with Crippen molar-refractivity contribution in [3.05, 3.63) is 59.2 Å². The van der Waals surface area contributed by atoms with E-state index < -0.39 is 5.91 Å². The molecule has 0 heterocycles. The Labute approximate surface area is 129 Å². The Hall–Kier alpha value is -2.40. The van der Waals surface area contributed by atoms with Crippen LogP contribution in [0.2, 0.25) is 0 Å². The Morgan fingerprint density at radius 2 is 1.76 bits per heavy atom. The summed E-state index contributed by atoms with van der Waals surface area (Å²) in [5, 5.41) is 6.50. The minimum atomic E-state index is -0.493. The summed E-state index contributed by atoms with van der Waals surface area (Å²) in [5.41, 5.74) is 9.63. The van der Waals surface area contributed by atoms with E-state index in [1.54, 1.807) is 18.2 Å². The molecule has 2 rings (SSSR count). The summed E-state index contributed by atoms with van der Waals surface area (Å²) in [7, 11) is 0. The van der Waals surface area contributed by atoms with Crippen molar-refractivity contribution in [3.63, 3.8) is 0 Å². The smallest absolute Gasteiger partial charge is 0.250 e. The summed E-state index contributed by atoms with van der Waals surface area (Å²) < 4.78 is 0. The van der Waals surface area contributed by atoms with Crippen molar-refractivity contribution in [2.75, 3.05) is 10.6 Å². The number of hydrogen-bond donors (Lipinski definition) is 3. The molecule has 5 heteroatoms. The highest BCUT2D eigenvalue weighted by Crippen LogP contribution is 2.17. The van der Waals surface area contributed by atoms with Gasteiger partial charge in [0.25, 0.3) is 5.91 Å². The number of amides is 1. The fourth-order valence-electron chi connectivity index (χ4n) is 1.91. The Morgan fingerprint density at radius 1 is 1.05 bits per heavy atom. The number of nitrogens with one attached hydrogen (secondary N) is 2. The molecule has 4 nitrogen and oxygen atoms in total. The van der Waals surface area contributed by atoms with Gasteiger partial charge in [0.05, 0.1) is 11.3 Å². The monoisotopic (exact) mass is 299 g/mol. The molecule has 0 unspecified atom stereocenters. The lowest BCUT2D eigenvalue weighted by Gasteiger charge is -2.13. The van der Waals surface area contributed by atoms with Crippen LogP contribution < -0.4 is 16.4 Å². The summed E-state index contributed by atoms with van der Waals surface area (Å²) in [6, 6.07) is 13.0. The predicted molar refractivity (Wildman–Crippen MR) is 90.7 cm³/mol. The first kappa shape index (κ1) is 15.0. The van der Waals surface area contributed by atoms with Crippen LogP contribution in [0.1, 0.15) is 21.5 Å². The van der Waals surface area contributed by atoms with Crippen molar-refractivity contribution < 1.29 is 4.79 Å². The number of rotatable bonds is 3. The maximum atomic E-state index is 11.4. The molecule has 0 aliphatic carbocycles. The van der Waals surface area contributed by atoms with Crippen LogP contribution in [0.3, 0.4) is 0 Å². The van der Waals surface area contributed by atoms with E-state index in [1.165, 1.54) is 11.1 Å². The van der Waals surface area contributed by atoms with Gasteiger partial charge in [-0.25, -0.2) is 0 Å². The molecule has 0 spiro atoms. The summed E-state index contributed by atoms with van der Waals surface area (Å²) in [4.78, 5) is 11.4. The van der Waals surface area contributed by atoms with Crippen LogP contribution in [0.25, 0.3) is 0 Å². The van der Waals surface area contributed by atoms with Crippen LogP contribution in [0.15, 0.2) is 42.5 Å². The zero-order valence-electron chi connectivity index (χ0n) is 11.9. The van der Waals surface area contributed by atoms with Crippen LogP contribution in [0.4, 0.5) is 11.4 Å². The minimum Gasteiger partial charge on any atom is -0.366 e. The zero-order valence-corrected chi connectivity index (χ0v) is 12.8. The number of benzene rings is 2. The summed E-state index contributed by atoms with van der Waals surface area (Å²) in [6.07, 6.45) is 0. The molecule has 0 saturated carbocycles. The van der Waals surface area contributed by atoms with Gasteiger partial charge in [-0.05, 0) is 61.5 Å². The summed E-state index contributed by atoms with van der Waals surface area (Å²) in [5.74, 6) is -0.493. The Kier molecular flexibility index (Phi) is 4.55. The van der Waals surface area contributed by atoms with Crippen molar-refractivity contribution in [1.82, 2.24) is 0 Å². The molecule has 0 aromatic heterocycles. The van der Waals surface area contributed by atoms with Gasteiger partial charge in [0, 0.05) is 5.69 Å². The molecule has 0 aliphatic rings. The van der Waals surface area contributed by atoms with E-state index in [4.69, 9.17) is 18.0 Å². The van der Waals surface area contributed by atoms with E-state index in [-0.39, 0.29) is 0 Å². The van der Waals surface area contributed by atoms with E-state index in [0.29, 0.717) is 16.4 Å². The van der Waals surface area contributed by atoms with E-state index >= 15 is 0 Å². The Morgan fingerprint density at radius 3 is 2.43 bits per heavy atom. The molecule has 108 valence electrons. The zero-order chi connectivity index (χ0) is 15.4. The number of para-hydroxylation sites is 1. The second-order valence-electron chi connectivity index (χ2n) is 4.79. The number of hydrogen-bond acceptors (Lipinski definition) is 2. The van der Waals surface area contributed by atoms with Crippen LogP contribution >= 0.6 is 12.2 Å². The quantitative estimate of drug-likeness (QED) is 0.761. The van der Waals surface area contributed by atoms with Gasteiger partial charge in [0.1, 0.15) is 0 Å². The third-order valence-electron chi connectivity index (χ3n) is 3.21. The minimum absolute atomic E-state index is 0.404. The fourth-order valence-corrected chi connectivity index (χ4v) is 2.14. The van der Waals surface area contributed by atoms with E-state index in [9.17, 15) is 4.79 Å². The molecule has 4 N–H and O–H groups in total. The molecular weight excluding hydrogens is 282 g/mol. The number of carbonyl (C=O) groups excluding carboxylic acids is 1. The number of primary amides is 1. The lowest BCUT2D eigenvalue weighted by molar-refractivity contribution is 0.100. The molecule has 0 atom stereocenters. The summed E-state index contributed by atoms with van der Waals surface area (Å²) >= 11 is 5.27. The first-order valence-corrected chi connectivity index (χ1v) is 6.92. The SMILES string of the molecule is Cc1ccc(NC(=S)Nc2ccccc2C(N)=O)cc1C. The van der Waals surface area contributed by atoms with Gasteiger partial charge in [-0.2, -0.15) is 0 Å². The van der Waals surface area contributed by atoms with Gasteiger partial charge in [-0.3, -0.25) is 4.79 Å². The first-order valence-electron chi connectivity index (χ1n) is 6.51. The highest BCUT2D eigenvalue weighted by atomic mass is 32.1. The van der Waals surface area contributed by atoms with E-state index in [1.807, 2.05) is 31.2 Å². The maximum Gasteiger partial charge on any atom is 0.250 e. The molecule has 0 aliphatic heterocycles. The molecule has 2 aromatic rings. The second-order valence-corrected chi connectivity index (χ2v) is 5.20. The Bertz CT molecular complexity index is 698. The fraction of sp³-hybridized carbons (Fsp3) is 0.125. The van der Waals surface area contributed by atoms with Gasteiger partial charge in [0.15, 0.2) is 5.11 Å². The average molecular weight is 299 g/mol. The lowest BCUT2D eigenvalue weighted by atomic mass is 10.1. The third-order valence-corrected chi connectivity index (χ3v) is 3.41. The standard InChI is InChI=1S/C16H17N3OS/c1-10-7-8-12(9-11(10)2)18-16(21)19-14-6-4-3-5-13(14)15(17)20/h3-9H,1-2H3,(H2,17,20)(H2,18,19,21). The lowest BCUT2D eigenvalue weighted by Crippen LogP contribution is -2.22. The first-order chi connectivity index (χ1) is 9.97. The number of thiocarbonyl (C=S) groups is 1. The van der Waals surface area contributed by atoms with Crippen LogP contribution in [-0.4, -0.2) is 11.0 Å². The van der Waals surface area contributed by atoms with Crippen LogP contribution in [-0.2, 0) is 0 Å². The van der Waals surface area contributed by atoms with E-state index in [2.05, 4.69) is 17.6 Å². The van der Waals surface area contributed by atoms with Gasteiger partial charge in [0.2, 0.25) is 0 Å². The molecule has 2 aromatic carbocycles. The van der Waals surface area contributed by atoms with Crippen molar-refractivity contribution in [3.8, 4) is 0 Å². The Balaban J connectivity index is 2.12. The van der Waals surface area contributed by atoms with Crippen molar-refractivity contribution in [1.29, 1.82) is 0 Å². The van der Waals surface area contributed by atoms with Gasteiger partial charge < -0.3 is 16.4 Å². The van der Waals surface area contributed by atoms with Gasteiger partial charge in [-0.1, -0.05) is 18.2 Å². The number of aryl methyl sites for hydroxylation is 2. The molecule has 0 saturated heterocycles. The van der Waals surface area contributed by atoms with Crippen molar-refractivity contribution in [2.24, 2.45) is 5.73 Å². The summed E-state index contributed by atoms with van der Waals surface area (Å²) in [6.45, 7) is 4.10. The second kappa shape index (κ2) is 6.37. The molecule has 1 amide bonds. The van der Waals surface area contributed by atoms with Crippen molar-refractivity contribution in [2.45, 2.75) is 13.8 Å². The van der Waals surface area contributed by atoms with Crippen LogP contribution in [0, 0.1) is 13.8 Å². The highest BCUT2D eigenvalue weighted by Gasteiger charge is 2.08. The average Bonchev–Trinajstić information content (AvgIpc) is 2.43. The topological polar surface area (TPSA) is 67.2 Å². The maximum absolute atomic E-state index is 11.4. The van der Waals surface area contributed by atoms with Crippen LogP contribution in [0.5, 0.6) is 0 Å². The molecule has 0 radical (unpaired) electrons. The molecular formula is C16H17N3OS. The molecule has 0 fully saturated rings. The third kappa shape index (κ3) is 3.79.